The van der Waals surface area contributed by atoms with E-state index in [2.05, 4.69) is 34.6 Å². The maximum atomic E-state index is 12.8. The molecule has 1 spiro atoms. The summed E-state index contributed by atoms with van der Waals surface area (Å²) in [6.07, 6.45) is 11.1. The normalized spacial score (nSPS) is 45.9. The minimum Gasteiger partial charge on any atom is -0.459 e. The summed E-state index contributed by atoms with van der Waals surface area (Å²) in [5.41, 5.74) is 0.673. The molecule has 0 bridgehead atoms. The minimum atomic E-state index is -0.392. The summed E-state index contributed by atoms with van der Waals surface area (Å²) in [5.74, 6) is 3.53. The molecular formula is C34H50O4. The fourth-order valence-electron chi connectivity index (χ4n) is 10.5. The number of aliphatic hydroxyl groups is 1. The van der Waals surface area contributed by atoms with Gasteiger partial charge in [0.1, 0.15) is 17.8 Å². The Kier molecular flexibility index (Phi) is 6.78. The van der Waals surface area contributed by atoms with Crippen LogP contribution in [0.1, 0.15) is 109 Å². The molecule has 0 unspecified atom stereocenters. The zero-order valence-electron chi connectivity index (χ0n) is 24.3. The number of ether oxygens (including phenoxy) is 2. The number of aliphatic hydroxyl groups excluding tert-OH is 1. The standard InChI is InChI=1S/C34H50O4/c1-21(2)10-9-11-22(3)25-14-15-26-28-27(17-18-32(25,26)4)33(5)19-16-24(20-34(33)30(38-34)29(28)35)37-31(36)23-12-7-6-8-13-23/h6-8,12-13,21-22,24-30,35H,9-11,14-20H2,1-5H3/t22-,24+,25-,26+,27-,28-,29-,30-,32-,33+,34-/m0/s1. The molecule has 0 amide bonds. The Morgan fingerprint density at radius 3 is 2.53 bits per heavy atom. The van der Waals surface area contributed by atoms with Crippen molar-refractivity contribution in [1.82, 2.24) is 0 Å². The van der Waals surface area contributed by atoms with Gasteiger partial charge in [-0.3, -0.25) is 0 Å². The van der Waals surface area contributed by atoms with E-state index in [1.807, 2.05) is 30.3 Å². The number of carbonyl (C=O) groups excluding carboxylic acids is 1. The van der Waals surface area contributed by atoms with E-state index in [1.165, 1.54) is 44.9 Å². The van der Waals surface area contributed by atoms with Crippen molar-refractivity contribution >= 4 is 5.97 Å². The van der Waals surface area contributed by atoms with Gasteiger partial charge < -0.3 is 14.6 Å². The van der Waals surface area contributed by atoms with Gasteiger partial charge in [-0.1, -0.05) is 72.1 Å². The molecule has 1 N–H and O–H groups in total. The molecule has 38 heavy (non-hydrogen) atoms. The van der Waals surface area contributed by atoms with E-state index >= 15 is 0 Å². The van der Waals surface area contributed by atoms with E-state index in [9.17, 15) is 9.90 Å². The van der Waals surface area contributed by atoms with Crippen LogP contribution < -0.4 is 0 Å². The number of epoxide rings is 1. The molecule has 1 aromatic rings. The van der Waals surface area contributed by atoms with Crippen LogP contribution >= 0.6 is 0 Å². The monoisotopic (exact) mass is 522 g/mol. The van der Waals surface area contributed by atoms with Crippen LogP contribution in [0.25, 0.3) is 0 Å². The van der Waals surface area contributed by atoms with Crippen molar-refractivity contribution in [2.45, 2.75) is 123 Å². The van der Waals surface area contributed by atoms with Gasteiger partial charge in [-0.25, -0.2) is 4.79 Å². The first-order chi connectivity index (χ1) is 18.1. The Bertz CT molecular complexity index is 1020. The van der Waals surface area contributed by atoms with Gasteiger partial charge in [0.25, 0.3) is 0 Å². The number of hydrogen-bond acceptors (Lipinski definition) is 4. The van der Waals surface area contributed by atoms with Crippen LogP contribution in [-0.2, 0) is 9.47 Å². The maximum absolute atomic E-state index is 12.8. The molecular weight excluding hydrogens is 472 g/mol. The average molecular weight is 523 g/mol. The topological polar surface area (TPSA) is 59.1 Å². The Hall–Kier alpha value is -1.39. The second-order valence-electron chi connectivity index (χ2n) is 14.8. The van der Waals surface area contributed by atoms with Gasteiger partial charge in [0, 0.05) is 11.8 Å². The lowest BCUT2D eigenvalue weighted by atomic mass is 9.43. The van der Waals surface area contributed by atoms with Crippen LogP contribution in [0.3, 0.4) is 0 Å². The van der Waals surface area contributed by atoms with E-state index < -0.39 is 6.10 Å². The number of hydrogen-bond donors (Lipinski definition) is 1. The third-order valence-corrected chi connectivity index (χ3v) is 12.6. The molecule has 4 saturated carbocycles. The van der Waals surface area contributed by atoms with E-state index in [0.717, 1.165) is 37.0 Å². The number of benzene rings is 1. The first-order valence-corrected chi connectivity index (χ1v) is 15.7. The second kappa shape index (κ2) is 9.61. The van der Waals surface area contributed by atoms with E-state index in [4.69, 9.17) is 9.47 Å². The number of fused-ring (bicyclic) bond motifs is 4. The molecule has 11 atom stereocenters. The van der Waals surface area contributed by atoms with Crippen LogP contribution in [0, 0.1) is 46.3 Å². The van der Waals surface area contributed by atoms with Crippen molar-refractivity contribution in [3.05, 3.63) is 35.9 Å². The summed E-state index contributed by atoms with van der Waals surface area (Å²) in [5, 5.41) is 11.9. The highest BCUT2D eigenvalue weighted by Gasteiger charge is 2.79. The molecule has 1 heterocycles. The van der Waals surface area contributed by atoms with Crippen LogP contribution in [0.15, 0.2) is 30.3 Å². The summed E-state index contributed by atoms with van der Waals surface area (Å²) in [4.78, 5) is 12.8. The van der Waals surface area contributed by atoms with Crippen LogP contribution in [-0.4, -0.2) is 35.0 Å². The summed E-state index contributed by atoms with van der Waals surface area (Å²) in [6, 6.07) is 9.30. The first-order valence-electron chi connectivity index (χ1n) is 15.7. The van der Waals surface area contributed by atoms with Crippen molar-refractivity contribution in [1.29, 1.82) is 0 Å². The summed E-state index contributed by atoms with van der Waals surface area (Å²) in [7, 11) is 0. The molecule has 5 fully saturated rings. The lowest BCUT2D eigenvalue weighted by Gasteiger charge is -2.60. The maximum Gasteiger partial charge on any atom is 0.338 e. The third-order valence-electron chi connectivity index (χ3n) is 12.6. The fourth-order valence-corrected chi connectivity index (χ4v) is 10.5. The molecule has 0 aromatic heterocycles. The molecule has 5 aliphatic rings. The molecule has 4 heteroatoms. The number of esters is 1. The van der Waals surface area contributed by atoms with Gasteiger partial charge >= 0.3 is 5.97 Å². The second-order valence-corrected chi connectivity index (χ2v) is 14.8. The van der Waals surface area contributed by atoms with Gasteiger partial charge in [-0.05, 0) is 91.6 Å². The highest BCUT2D eigenvalue weighted by Crippen LogP contribution is 2.74. The zero-order chi connectivity index (χ0) is 26.9. The van der Waals surface area contributed by atoms with Crippen LogP contribution in [0.4, 0.5) is 0 Å². The number of rotatable bonds is 7. The van der Waals surface area contributed by atoms with Gasteiger partial charge in [-0.2, -0.15) is 0 Å². The van der Waals surface area contributed by atoms with Gasteiger partial charge in [0.05, 0.1) is 11.7 Å². The van der Waals surface area contributed by atoms with E-state index in [1.54, 1.807) is 0 Å². The lowest BCUT2D eigenvalue weighted by molar-refractivity contribution is -0.151. The molecule has 6 rings (SSSR count). The van der Waals surface area contributed by atoms with Crippen LogP contribution in [0.5, 0.6) is 0 Å². The van der Waals surface area contributed by atoms with Crippen molar-refractivity contribution in [2.75, 3.05) is 0 Å². The highest BCUT2D eigenvalue weighted by atomic mass is 16.6. The average Bonchev–Trinajstić information content (AvgIpc) is 3.51. The third kappa shape index (κ3) is 4.02. The van der Waals surface area contributed by atoms with Crippen molar-refractivity contribution in [3.63, 3.8) is 0 Å². The molecule has 4 aliphatic carbocycles. The van der Waals surface area contributed by atoms with E-state index in [-0.39, 0.29) is 29.2 Å². The van der Waals surface area contributed by atoms with Gasteiger partial charge in [0.15, 0.2) is 0 Å². The van der Waals surface area contributed by atoms with E-state index in [0.29, 0.717) is 28.7 Å². The van der Waals surface area contributed by atoms with Crippen molar-refractivity contribution in [2.24, 2.45) is 46.3 Å². The quantitative estimate of drug-likeness (QED) is 0.299. The first kappa shape index (κ1) is 26.8. The smallest absolute Gasteiger partial charge is 0.338 e. The summed E-state index contributed by atoms with van der Waals surface area (Å²) < 4.78 is 12.6. The Balaban J connectivity index is 1.17. The summed E-state index contributed by atoms with van der Waals surface area (Å²) in [6.45, 7) is 12.2. The SMILES string of the molecule is CC(C)CCC[C@H](C)[C@@H]1CC[C@@H]2[C@@H]3[C@H](O)[C@@H]4O[C@@]45C[C@H](OC(=O)c4ccccc4)CC[C@]5(C)[C@H]3CC[C@]21C. The summed E-state index contributed by atoms with van der Waals surface area (Å²) >= 11 is 0. The van der Waals surface area contributed by atoms with Gasteiger partial charge in [-0.15, -0.1) is 0 Å². The highest BCUT2D eigenvalue weighted by molar-refractivity contribution is 5.89. The molecule has 1 saturated heterocycles. The Morgan fingerprint density at radius 2 is 1.79 bits per heavy atom. The van der Waals surface area contributed by atoms with Gasteiger partial charge in [0.2, 0.25) is 0 Å². The predicted octanol–water partition coefficient (Wildman–Crippen LogP) is 7.44. The Morgan fingerprint density at radius 1 is 1.03 bits per heavy atom. The minimum absolute atomic E-state index is 0.0551. The predicted molar refractivity (Wildman–Crippen MR) is 150 cm³/mol. The van der Waals surface area contributed by atoms with Crippen molar-refractivity contribution < 1.29 is 19.4 Å². The molecule has 4 nitrogen and oxygen atoms in total. The largest absolute Gasteiger partial charge is 0.459 e. The molecule has 210 valence electrons. The molecule has 0 radical (unpaired) electrons. The number of carbonyl (C=O) groups is 1. The molecule has 1 aromatic carbocycles. The fraction of sp³-hybridized carbons (Fsp3) is 0.794. The molecule has 1 aliphatic heterocycles. The Labute approximate surface area is 230 Å². The van der Waals surface area contributed by atoms with Crippen molar-refractivity contribution in [3.8, 4) is 0 Å². The lowest BCUT2D eigenvalue weighted by Crippen LogP contribution is -2.63. The zero-order valence-corrected chi connectivity index (χ0v) is 24.3. The van der Waals surface area contributed by atoms with Crippen LogP contribution in [0.2, 0.25) is 0 Å².